The van der Waals surface area contributed by atoms with Crippen molar-refractivity contribution in [2.45, 2.75) is 44.4 Å². The van der Waals surface area contributed by atoms with Gasteiger partial charge in [-0.05, 0) is 78.8 Å². The van der Waals surface area contributed by atoms with E-state index in [0.717, 1.165) is 17.6 Å². The van der Waals surface area contributed by atoms with Crippen molar-refractivity contribution in [2.24, 2.45) is 11.8 Å². The van der Waals surface area contributed by atoms with Crippen molar-refractivity contribution in [3.63, 3.8) is 0 Å². The Hall–Kier alpha value is -1.76. The van der Waals surface area contributed by atoms with Crippen LogP contribution >= 0.6 is 0 Å². The van der Waals surface area contributed by atoms with Gasteiger partial charge in [0.25, 0.3) is 0 Å². The quantitative estimate of drug-likeness (QED) is 0.734. The maximum atomic E-state index is 5.58. The molecule has 3 aliphatic rings. The molecule has 0 aromatic heterocycles. The third-order valence-electron chi connectivity index (χ3n) is 6.80. The lowest BCUT2D eigenvalue weighted by Gasteiger charge is -2.43. The summed E-state index contributed by atoms with van der Waals surface area (Å²) in [5.74, 6) is 2.59. The molecule has 1 saturated carbocycles. The van der Waals surface area contributed by atoms with Gasteiger partial charge in [-0.15, -0.1) is 0 Å². The van der Waals surface area contributed by atoms with Crippen LogP contribution in [0.1, 0.15) is 47.1 Å². The Balaban J connectivity index is 1.81. The Bertz CT molecular complexity index is 783. The smallest absolute Gasteiger partial charge is 0.119 e. The van der Waals surface area contributed by atoms with Crippen molar-refractivity contribution in [1.29, 1.82) is 0 Å². The lowest BCUT2D eigenvalue weighted by atomic mass is 9.59. The highest BCUT2D eigenvalue weighted by molar-refractivity contribution is 5.58. The predicted molar refractivity (Wildman–Crippen MR) is 93.2 cm³/mol. The van der Waals surface area contributed by atoms with Gasteiger partial charge in [0.15, 0.2) is 0 Å². The van der Waals surface area contributed by atoms with Crippen LogP contribution in [0.2, 0.25) is 0 Å². The Labute approximate surface area is 138 Å². The molecule has 3 aliphatic carbocycles. The summed E-state index contributed by atoms with van der Waals surface area (Å²) in [6.45, 7) is 2.24. The molecule has 0 amide bonds. The highest BCUT2D eigenvalue weighted by Crippen LogP contribution is 2.63. The maximum Gasteiger partial charge on any atom is 0.119 e. The molecular weight excluding hydrogens is 280 g/mol. The molecular formula is C22H24O. The van der Waals surface area contributed by atoms with Crippen molar-refractivity contribution < 1.29 is 4.74 Å². The third-order valence-corrected chi connectivity index (χ3v) is 6.80. The fraction of sp³-hybridized carbons (Fsp3) is 0.455. The van der Waals surface area contributed by atoms with E-state index in [1.165, 1.54) is 37.7 Å². The summed E-state index contributed by atoms with van der Waals surface area (Å²) in [5, 5.41) is 0. The second-order valence-electron chi connectivity index (χ2n) is 7.79. The number of ether oxygens (including phenoxy) is 1. The van der Waals surface area contributed by atoms with Crippen LogP contribution in [-0.4, -0.2) is 7.11 Å². The lowest BCUT2D eigenvalue weighted by Crippen LogP contribution is -2.41. The van der Waals surface area contributed by atoms with Crippen molar-refractivity contribution in [3.8, 4) is 5.75 Å². The van der Waals surface area contributed by atoms with Crippen LogP contribution in [-0.2, 0) is 18.3 Å². The predicted octanol–water partition coefficient (Wildman–Crippen LogP) is 4.82. The first-order valence-electron chi connectivity index (χ1n) is 9.01. The molecule has 118 valence electrons. The van der Waals surface area contributed by atoms with Gasteiger partial charge in [-0.25, -0.2) is 0 Å². The summed E-state index contributed by atoms with van der Waals surface area (Å²) in [7, 11) is 1.79. The second-order valence-corrected chi connectivity index (χ2v) is 7.79. The standard InChI is InChI=1S/C22H24O/c1-14-6-7-15-11-17-4-3-5-18-12-16-8-9-19(23-2)13-21(16)22(17,18)20(15)10-14/h6-10,13,17-18H,3-5,11-12H2,1-2H3/t17-,18-,22?/m0/s1. The monoisotopic (exact) mass is 304 g/mol. The number of hydrogen-bond acceptors (Lipinski definition) is 1. The summed E-state index contributed by atoms with van der Waals surface area (Å²) < 4.78 is 5.58. The van der Waals surface area contributed by atoms with Crippen molar-refractivity contribution in [3.05, 3.63) is 64.2 Å². The van der Waals surface area contributed by atoms with Crippen molar-refractivity contribution in [1.82, 2.24) is 0 Å². The van der Waals surface area contributed by atoms with Gasteiger partial charge in [-0.1, -0.05) is 36.2 Å². The molecule has 1 nitrogen and oxygen atoms in total. The first-order chi connectivity index (χ1) is 11.2. The van der Waals surface area contributed by atoms with Gasteiger partial charge < -0.3 is 4.74 Å². The minimum absolute atomic E-state index is 0.267. The molecule has 0 bridgehead atoms. The second kappa shape index (κ2) is 4.63. The summed E-state index contributed by atoms with van der Waals surface area (Å²) in [6.07, 6.45) is 6.67. The first kappa shape index (κ1) is 13.7. The fourth-order valence-electron chi connectivity index (χ4n) is 5.98. The molecule has 1 heteroatoms. The summed E-state index contributed by atoms with van der Waals surface area (Å²) in [4.78, 5) is 0. The average molecular weight is 304 g/mol. The number of hydrogen-bond donors (Lipinski definition) is 0. The number of rotatable bonds is 1. The van der Waals surface area contributed by atoms with Crippen LogP contribution in [0.3, 0.4) is 0 Å². The summed E-state index contributed by atoms with van der Waals surface area (Å²) in [6, 6.07) is 14.0. The number of benzene rings is 2. The molecule has 5 rings (SSSR count). The van der Waals surface area contributed by atoms with Gasteiger partial charge in [-0.3, -0.25) is 0 Å². The Morgan fingerprint density at radius 1 is 0.913 bits per heavy atom. The van der Waals surface area contributed by atoms with Crippen LogP contribution in [0.15, 0.2) is 36.4 Å². The molecule has 0 saturated heterocycles. The zero-order valence-corrected chi connectivity index (χ0v) is 14.1. The Kier molecular flexibility index (Phi) is 2.75. The van der Waals surface area contributed by atoms with E-state index in [1.54, 1.807) is 29.4 Å². The number of methoxy groups -OCH3 is 1. The first-order valence-corrected chi connectivity index (χ1v) is 9.01. The van der Waals surface area contributed by atoms with Gasteiger partial charge >= 0.3 is 0 Å². The van der Waals surface area contributed by atoms with Crippen molar-refractivity contribution >= 4 is 0 Å². The van der Waals surface area contributed by atoms with E-state index >= 15 is 0 Å². The lowest BCUT2D eigenvalue weighted by molar-refractivity contribution is 0.176. The Morgan fingerprint density at radius 2 is 1.57 bits per heavy atom. The fourth-order valence-corrected chi connectivity index (χ4v) is 5.98. The van der Waals surface area contributed by atoms with Gasteiger partial charge in [-0.2, -0.15) is 0 Å². The molecule has 3 atom stereocenters. The molecule has 0 N–H and O–H groups in total. The molecule has 1 fully saturated rings. The minimum Gasteiger partial charge on any atom is -0.497 e. The van der Waals surface area contributed by atoms with Crippen molar-refractivity contribution in [2.75, 3.05) is 7.11 Å². The number of fused-ring (bicyclic) bond motifs is 2. The molecule has 23 heavy (non-hydrogen) atoms. The van der Waals surface area contributed by atoms with E-state index < -0.39 is 0 Å². The van der Waals surface area contributed by atoms with Crippen LogP contribution in [0.5, 0.6) is 5.75 Å². The minimum atomic E-state index is 0.267. The van der Waals surface area contributed by atoms with E-state index in [0.29, 0.717) is 0 Å². The zero-order chi connectivity index (χ0) is 15.6. The average Bonchev–Trinajstić information content (AvgIpc) is 3.08. The van der Waals surface area contributed by atoms with Crippen LogP contribution in [0.25, 0.3) is 0 Å². The van der Waals surface area contributed by atoms with E-state index in [-0.39, 0.29) is 5.41 Å². The van der Waals surface area contributed by atoms with Crippen LogP contribution < -0.4 is 4.74 Å². The highest BCUT2D eigenvalue weighted by atomic mass is 16.5. The van der Waals surface area contributed by atoms with Crippen LogP contribution in [0.4, 0.5) is 0 Å². The van der Waals surface area contributed by atoms with Crippen LogP contribution in [0, 0.1) is 18.8 Å². The molecule has 2 aromatic carbocycles. The topological polar surface area (TPSA) is 9.23 Å². The van der Waals surface area contributed by atoms with Gasteiger partial charge in [0, 0.05) is 5.41 Å². The molecule has 1 spiro atoms. The Morgan fingerprint density at radius 3 is 2.26 bits per heavy atom. The largest absolute Gasteiger partial charge is 0.497 e. The maximum absolute atomic E-state index is 5.58. The molecule has 0 aliphatic heterocycles. The normalized spacial score (nSPS) is 30.3. The molecule has 0 heterocycles. The summed E-state index contributed by atoms with van der Waals surface area (Å²) in [5.41, 5.74) is 8.05. The molecule has 0 radical (unpaired) electrons. The third kappa shape index (κ3) is 1.63. The number of aryl methyl sites for hydroxylation is 1. The van der Waals surface area contributed by atoms with E-state index in [1.807, 2.05) is 0 Å². The summed E-state index contributed by atoms with van der Waals surface area (Å²) >= 11 is 0. The zero-order valence-electron chi connectivity index (χ0n) is 14.1. The van der Waals surface area contributed by atoms with E-state index in [4.69, 9.17) is 4.74 Å². The molecule has 2 aromatic rings. The SMILES string of the molecule is COc1ccc2c(c1)C13c4cc(C)ccc4C[C@@H]1CCC[C@H]3C2. The van der Waals surface area contributed by atoms with E-state index in [9.17, 15) is 0 Å². The van der Waals surface area contributed by atoms with Gasteiger partial charge in [0.1, 0.15) is 5.75 Å². The highest BCUT2D eigenvalue weighted by Gasteiger charge is 2.57. The molecule has 1 unspecified atom stereocenters. The van der Waals surface area contributed by atoms with Gasteiger partial charge in [0.05, 0.1) is 7.11 Å². The van der Waals surface area contributed by atoms with E-state index in [2.05, 4.69) is 43.3 Å². The van der Waals surface area contributed by atoms with Gasteiger partial charge in [0.2, 0.25) is 0 Å².